The third-order valence-electron chi connectivity index (χ3n) is 2.46. The van der Waals surface area contributed by atoms with E-state index in [2.05, 4.69) is 37.5 Å². The number of nitrogens with one attached hydrogen (secondary N) is 2. The van der Waals surface area contributed by atoms with Crippen LogP contribution >= 0.6 is 23.6 Å². The number of hydrogen-bond acceptors (Lipinski definition) is 2. The maximum atomic E-state index is 5.19. The second-order valence-corrected chi connectivity index (χ2v) is 5.66. The van der Waals surface area contributed by atoms with Gasteiger partial charge in [0.1, 0.15) is 0 Å². The second-order valence-electron chi connectivity index (χ2n) is 3.91. The molecule has 0 aliphatic carbocycles. The third kappa shape index (κ3) is 4.49. The van der Waals surface area contributed by atoms with Crippen LogP contribution in [0.2, 0.25) is 0 Å². The molecule has 0 bridgehead atoms. The number of hydrogen-bond donors (Lipinski definition) is 2. The molecule has 0 aliphatic rings. The monoisotopic (exact) mass is 256 g/mol. The Balaban J connectivity index is 2.26. The van der Waals surface area contributed by atoms with Gasteiger partial charge in [-0.3, -0.25) is 0 Å². The lowest BCUT2D eigenvalue weighted by molar-refractivity contribution is 0.740. The zero-order valence-corrected chi connectivity index (χ0v) is 11.9. The van der Waals surface area contributed by atoms with Crippen molar-refractivity contribution in [2.45, 2.75) is 40.2 Å². The molecule has 2 nitrogen and oxygen atoms in total. The van der Waals surface area contributed by atoms with Crippen molar-refractivity contribution >= 4 is 28.7 Å². The maximum Gasteiger partial charge on any atom is 0.166 e. The summed E-state index contributed by atoms with van der Waals surface area (Å²) in [6.45, 7) is 8.27. The molecule has 0 amide bonds. The van der Waals surface area contributed by atoms with E-state index in [0.717, 1.165) is 18.2 Å². The van der Waals surface area contributed by atoms with Gasteiger partial charge in [-0.1, -0.05) is 13.3 Å². The van der Waals surface area contributed by atoms with E-state index in [1.54, 1.807) is 0 Å². The highest BCUT2D eigenvalue weighted by atomic mass is 32.1. The zero-order valence-electron chi connectivity index (χ0n) is 10.2. The van der Waals surface area contributed by atoms with E-state index >= 15 is 0 Å². The fourth-order valence-corrected chi connectivity index (χ4v) is 2.51. The molecule has 0 atom stereocenters. The summed E-state index contributed by atoms with van der Waals surface area (Å²) < 4.78 is 0. The fraction of sp³-hybridized carbons (Fsp3) is 0.583. The lowest BCUT2D eigenvalue weighted by Crippen LogP contribution is -2.35. The Bertz CT molecular complexity index is 325. The van der Waals surface area contributed by atoms with E-state index in [0.29, 0.717) is 0 Å². The number of thiophene rings is 1. The molecule has 0 radical (unpaired) electrons. The summed E-state index contributed by atoms with van der Waals surface area (Å²) in [5.74, 6) is 0. The Kier molecular flexibility index (Phi) is 5.77. The fourth-order valence-electron chi connectivity index (χ4n) is 1.35. The molecule has 90 valence electrons. The van der Waals surface area contributed by atoms with Crippen LogP contribution in [0.25, 0.3) is 0 Å². The topological polar surface area (TPSA) is 24.1 Å². The molecule has 0 aliphatic heterocycles. The van der Waals surface area contributed by atoms with Crippen molar-refractivity contribution in [2.24, 2.45) is 0 Å². The van der Waals surface area contributed by atoms with Crippen molar-refractivity contribution in [1.82, 2.24) is 10.6 Å². The molecule has 0 saturated heterocycles. The van der Waals surface area contributed by atoms with Crippen molar-refractivity contribution in [1.29, 1.82) is 0 Å². The van der Waals surface area contributed by atoms with E-state index < -0.39 is 0 Å². The molecule has 2 N–H and O–H groups in total. The predicted octanol–water partition coefficient (Wildman–Crippen LogP) is 3.13. The summed E-state index contributed by atoms with van der Waals surface area (Å²) in [5.41, 5.74) is 1.37. The minimum Gasteiger partial charge on any atom is -0.363 e. The van der Waals surface area contributed by atoms with E-state index in [-0.39, 0.29) is 0 Å². The standard InChI is InChI=1S/C12H20N2S2/c1-4-5-6-13-12(15)14-8-11-7-9(2)10(3)16-11/h7H,4-6,8H2,1-3H3,(H2,13,14,15). The van der Waals surface area contributed by atoms with Crippen LogP contribution in [-0.4, -0.2) is 11.7 Å². The Hall–Kier alpha value is -0.610. The SMILES string of the molecule is CCCCNC(=S)NCc1cc(C)c(C)s1. The highest BCUT2D eigenvalue weighted by Crippen LogP contribution is 2.20. The van der Waals surface area contributed by atoms with Crippen LogP contribution in [0.3, 0.4) is 0 Å². The molecular weight excluding hydrogens is 236 g/mol. The molecule has 1 aromatic heterocycles. The molecule has 0 spiro atoms. The number of thiocarbonyl (C=S) groups is 1. The van der Waals surface area contributed by atoms with Gasteiger partial charge < -0.3 is 10.6 Å². The molecule has 1 aromatic rings. The van der Waals surface area contributed by atoms with E-state index in [4.69, 9.17) is 12.2 Å². The van der Waals surface area contributed by atoms with Gasteiger partial charge in [0.25, 0.3) is 0 Å². The van der Waals surface area contributed by atoms with Gasteiger partial charge in [0.2, 0.25) is 0 Å². The van der Waals surface area contributed by atoms with Gasteiger partial charge in [0, 0.05) is 16.3 Å². The van der Waals surface area contributed by atoms with Crippen LogP contribution in [0.15, 0.2) is 6.07 Å². The molecule has 4 heteroatoms. The predicted molar refractivity (Wildman–Crippen MR) is 76.1 cm³/mol. The summed E-state index contributed by atoms with van der Waals surface area (Å²) in [6.07, 6.45) is 2.36. The molecular formula is C12H20N2S2. The van der Waals surface area contributed by atoms with E-state index in [1.807, 2.05) is 11.3 Å². The largest absolute Gasteiger partial charge is 0.363 e. The first-order valence-corrected chi connectivity index (χ1v) is 6.93. The van der Waals surface area contributed by atoms with Gasteiger partial charge in [0.05, 0.1) is 6.54 Å². The molecule has 1 rings (SSSR count). The zero-order chi connectivity index (χ0) is 12.0. The normalized spacial score (nSPS) is 10.2. The maximum absolute atomic E-state index is 5.19. The number of unbranched alkanes of at least 4 members (excludes halogenated alkanes) is 1. The first-order chi connectivity index (χ1) is 7.63. The van der Waals surface area contributed by atoms with Crippen molar-refractivity contribution in [3.05, 3.63) is 21.4 Å². The van der Waals surface area contributed by atoms with E-state index in [1.165, 1.54) is 28.2 Å². The van der Waals surface area contributed by atoms with Crippen LogP contribution in [0.1, 0.15) is 35.1 Å². The Morgan fingerprint density at radius 2 is 2.12 bits per heavy atom. The van der Waals surface area contributed by atoms with Gasteiger partial charge in [-0.2, -0.15) is 0 Å². The first-order valence-electron chi connectivity index (χ1n) is 5.71. The van der Waals surface area contributed by atoms with Crippen LogP contribution in [0.5, 0.6) is 0 Å². The molecule has 1 heterocycles. The molecule has 0 saturated carbocycles. The number of aryl methyl sites for hydroxylation is 2. The first kappa shape index (κ1) is 13.5. The quantitative estimate of drug-likeness (QED) is 0.625. The average Bonchev–Trinajstić information content (AvgIpc) is 2.56. The van der Waals surface area contributed by atoms with Gasteiger partial charge in [-0.15, -0.1) is 11.3 Å². The highest BCUT2D eigenvalue weighted by molar-refractivity contribution is 7.80. The van der Waals surface area contributed by atoms with Crippen molar-refractivity contribution in [3.8, 4) is 0 Å². The van der Waals surface area contributed by atoms with E-state index in [9.17, 15) is 0 Å². The second kappa shape index (κ2) is 6.86. The third-order valence-corrected chi connectivity index (χ3v) is 3.90. The minimum atomic E-state index is 0.761. The van der Waals surface area contributed by atoms with Gasteiger partial charge in [0.15, 0.2) is 5.11 Å². The molecule has 0 aromatic carbocycles. The number of rotatable bonds is 5. The van der Waals surface area contributed by atoms with Crippen LogP contribution in [-0.2, 0) is 6.54 Å². The van der Waals surface area contributed by atoms with Gasteiger partial charge in [-0.05, 0) is 44.1 Å². The lowest BCUT2D eigenvalue weighted by Gasteiger charge is -2.08. The van der Waals surface area contributed by atoms with Gasteiger partial charge in [-0.25, -0.2) is 0 Å². The molecule has 0 unspecified atom stereocenters. The smallest absolute Gasteiger partial charge is 0.166 e. The Morgan fingerprint density at radius 1 is 1.38 bits per heavy atom. The molecule has 0 fully saturated rings. The summed E-state index contributed by atoms with van der Waals surface area (Å²) in [7, 11) is 0. The van der Waals surface area contributed by atoms with Crippen molar-refractivity contribution < 1.29 is 0 Å². The van der Waals surface area contributed by atoms with Crippen molar-refractivity contribution in [2.75, 3.05) is 6.54 Å². The summed E-state index contributed by atoms with van der Waals surface area (Å²) in [6, 6.07) is 2.22. The van der Waals surface area contributed by atoms with Gasteiger partial charge >= 0.3 is 0 Å². The Morgan fingerprint density at radius 3 is 2.69 bits per heavy atom. The summed E-state index contributed by atoms with van der Waals surface area (Å²) in [5, 5.41) is 7.19. The minimum absolute atomic E-state index is 0.761. The van der Waals surface area contributed by atoms with Crippen molar-refractivity contribution in [3.63, 3.8) is 0 Å². The summed E-state index contributed by atoms with van der Waals surface area (Å²) >= 11 is 7.02. The lowest BCUT2D eigenvalue weighted by atomic mass is 10.3. The average molecular weight is 256 g/mol. The van der Waals surface area contributed by atoms with Crippen LogP contribution in [0.4, 0.5) is 0 Å². The van der Waals surface area contributed by atoms with Crippen LogP contribution in [0, 0.1) is 13.8 Å². The molecule has 16 heavy (non-hydrogen) atoms. The van der Waals surface area contributed by atoms with Crippen LogP contribution < -0.4 is 10.6 Å². The Labute approximate surface area is 107 Å². The summed E-state index contributed by atoms with van der Waals surface area (Å²) in [4.78, 5) is 2.73. The highest BCUT2D eigenvalue weighted by Gasteiger charge is 2.01.